The first-order valence-electron chi connectivity index (χ1n) is 11.9. The van der Waals surface area contributed by atoms with Gasteiger partial charge in [-0.1, -0.05) is 6.92 Å². The highest BCUT2D eigenvalue weighted by Crippen LogP contribution is 2.49. The molecule has 2 aromatic carbocycles. The third kappa shape index (κ3) is 7.47. The summed E-state index contributed by atoms with van der Waals surface area (Å²) in [7, 11) is -0.802. The van der Waals surface area contributed by atoms with E-state index in [1.807, 2.05) is 0 Å². The van der Waals surface area contributed by atoms with Crippen LogP contribution < -0.4 is 9.64 Å². The minimum atomic E-state index is -4.81. The van der Waals surface area contributed by atoms with Crippen LogP contribution >= 0.6 is 20.3 Å². The average Bonchev–Trinajstić information content (AvgIpc) is 2.95. The van der Waals surface area contributed by atoms with E-state index in [1.54, 1.807) is 23.2 Å². The minimum absolute atomic E-state index is 0.0690. The fourth-order valence-corrected chi connectivity index (χ4v) is 5.44. The summed E-state index contributed by atoms with van der Waals surface area (Å²) in [6, 6.07) is 6.92. The second kappa shape index (κ2) is 11.8. The highest BCUT2D eigenvalue weighted by Gasteiger charge is 2.40. The molecule has 212 valence electrons. The summed E-state index contributed by atoms with van der Waals surface area (Å²) in [5.74, 6) is -3.92. The Kier molecular flexibility index (Phi) is 9.57. The van der Waals surface area contributed by atoms with Crippen molar-refractivity contribution in [2.75, 3.05) is 25.1 Å². The molecule has 5 nitrogen and oxygen atoms in total. The molecule has 0 fully saturated rings. The Morgan fingerprint density at radius 1 is 1.08 bits per heavy atom. The Bertz CT molecular complexity index is 1100. The van der Waals surface area contributed by atoms with E-state index in [-0.39, 0.29) is 31.7 Å². The molecule has 13 heteroatoms. The van der Waals surface area contributed by atoms with Crippen molar-refractivity contribution in [2.45, 2.75) is 68.2 Å². The molecule has 0 saturated heterocycles. The van der Waals surface area contributed by atoms with E-state index in [4.69, 9.17) is 4.74 Å². The molecule has 3 rings (SSSR count). The molecule has 0 amide bonds. The van der Waals surface area contributed by atoms with Gasteiger partial charge < -0.3 is 19.4 Å². The van der Waals surface area contributed by atoms with Crippen LogP contribution in [0.15, 0.2) is 41.3 Å². The first-order valence-corrected chi connectivity index (χ1v) is 13.9. The van der Waals surface area contributed by atoms with E-state index in [0.717, 1.165) is 24.9 Å². The van der Waals surface area contributed by atoms with Gasteiger partial charge >= 0.3 is 6.18 Å². The zero-order valence-corrected chi connectivity index (χ0v) is 23.1. The minimum Gasteiger partial charge on any atom is -0.492 e. The summed E-state index contributed by atoms with van der Waals surface area (Å²) in [5.41, 5.74) is -0.490. The van der Waals surface area contributed by atoms with Gasteiger partial charge in [0.2, 0.25) is 5.92 Å². The first kappa shape index (κ1) is 30.8. The van der Waals surface area contributed by atoms with Crippen LogP contribution in [0.2, 0.25) is 0 Å². The zero-order chi connectivity index (χ0) is 28.5. The first-order chi connectivity index (χ1) is 17.5. The third-order valence-corrected chi connectivity index (χ3v) is 9.17. The molecule has 1 aliphatic heterocycles. The van der Waals surface area contributed by atoms with Gasteiger partial charge in [-0.25, -0.2) is 17.5 Å². The summed E-state index contributed by atoms with van der Waals surface area (Å²) in [4.78, 5) is 21.5. The van der Waals surface area contributed by atoms with Crippen LogP contribution in [0, 0.1) is 5.82 Å². The van der Waals surface area contributed by atoms with E-state index >= 15 is 0 Å². The average molecular weight is 585 g/mol. The Labute approximate surface area is 223 Å². The van der Waals surface area contributed by atoms with Crippen molar-refractivity contribution < 1.29 is 40.9 Å². The van der Waals surface area contributed by atoms with Crippen molar-refractivity contribution in [3.63, 3.8) is 0 Å². The number of hydrogen-bond donors (Lipinski definition) is 2. The number of nitrogens with zero attached hydrogens (tertiary/aromatic N) is 2. The van der Waals surface area contributed by atoms with Gasteiger partial charge in [-0.05, 0) is 82.1 Å². The van der Waals surface area contributed by atoms with Gasteiger partial charge in [0.05, 0.1) is 21.3 Å². The maximum Gasteiger partial charge on any atom is 0.420 e. The topological polar surface area (TPSA) is 56.2 Å². The standard InChI is InChI=1S/C25H31F6N2O3PS/c1-5-23(2,37(34)35)15-36-21-13-22-20(12-19(21)25(29,30)31)33(17-8-6-16(26)7-9-17)14-18(32(4)38-22)10-11-24(3,27)28/h6-9,12-13,18,34-35H,5,10-11,14-15H2,1-4H3/t18-,23?/m1/s1. The number of anilines is 2. The van der Waals surface area contributed by atoms with E-state index in [2.05, 4.69) is 0 Å². The number of likely N-dealkylation sites (N-methyl/N-ethyl adjacent to an activating group) is 1. The van der Waals surface area contributed by atoms with Crippen molar-refractivity contribution in [2.24, 2.45) is 0 Å². The highest BCUT2D eigenvalue weighted by atomic mass is 32.2. The Balaban J connectivity index is 2.11. The fourth-order valence-electron chi connectivity index (χ4n) is 3.92. The smallest absolute Gasteiger partial charge is 0.420 e. The molecular formula is C25H31F6N2O3PS. The van der Waals surface area contributed by atoms with Gasteiger partial charge in [-0.15, -0.1) is 0 Å². The lowest BCUT2D eigenvalue weighted by atomic mass is 10.1. The summed E-state index contributed by atoms with van der Waals surface area (Å²) in [6.07, 6.45) is -4.90. The molecule has 1 unspecified atom stereocenters. The summed E-state index contributed by atoms with van der Waals surface area (Å²) < 4.78 is 91.0. The lowest BCUT2D eigenvalue weighted by Gasteiger charge is -2.31. The van der Waals surface area contributed by atoms with Crippen LogP contribution in [-0.2, 0) is 6.18 Å². The quantitative estimate of drug-likeness (QED) is 0.180. The van der Waals surface area contributed by atoms with Crippen LogP contribution in [0.3, 0.4) is 0 Å². The van der Waals surface area contributed by atoms with Gasteiger partial charge in [0.1, 0.15) is 18.2 Å². The van der Waals surface area contributed by atoms with Crippen LogP contribution in [0.5, 0.6) is 5.75 Å². The molecule has 2 N–H and O–H groups in total. The SMILES string of the molecule is CCC(C)(COc1cc2c(cc1C(F)(F)F)N(c1ccc(F)cc1)C[C@@H](CCC(C)(F)F)N(C)S2)P(O)O. The van der Waals surface area contributed by atoms with Crippen molar-refractivity contribution >= 4 is 31.7 Å². The van der Waals surface area contributed by atoms with Crippen molar-refractivity contribution in [1.29, 1.82) is 0 Å². The predicted molar refractivity (Wildman–Crippen MR) is 138 cm³/mol. The van der Waals surface area contributed by atoms with Gasteiger partial charge in [0, 0.05) is 24.7 Å². The molecule has 2 aromatic rings. The maximum atomic E-state index is 14.2. The van der Waals surface area contributed by atoms with E-state index in [9.17, 15) is 36.1 Å². The monoisotopic (exact) mass is 584 g/mol. The second-order valence-electron chi connectivity index (χ2n) is 9.73. The third-order valence-electron chi connectivity index (χ3n) is 6.65. The summed E-state index contributed by atoms with van der Waals surface area (Å²) in [5, 5.41) is -1.15. The second-order valence-corrected chi connectivity index (χ2v) is 12.6. The molecule has 0 radical (unpaired) electrons. The van der Waals surface area contributed by atoms with Crippen molar-refractivity contribution in [3.8, 4) is 5.75 Å². The van der Waals surface area contributed by atoms with Gasteiger partial charge in [-0.3, -0.25) is 0 Å². The number of fused-ring (bicyclic) bond motifs is 1. The van der Waals surface area contributed by atoms with E-state index in [1.165, 1.54) is 37.3 Å². The number of ether oxygens (including phenoxy) is 1. The number of halogens is 6. The van der Waals surface area contributed by atoms with Crippen molar-refractivity contribution in [1.82, 2.24) is 4.31 Å². The molecule has 1 aliphatic rings. The molecule has 0 bridgehead atoms. The Morgan fingerprint density at radius 2 is 1.71 bits per heavy atom. The van der Waals surface area contributed by atoms with Crippen LogP contribution in [-0.4, -0.2) is 51.4 Å². The number of hydrogen-bond acceptors (Lipinski definition) is 6. The van der Waals surface area contributed by atoms with Crippen LogP contribution in [0.25, 0.3) is 0 Å². The highest BCUT2D eigenvalue weighted by molar-refractivity contribution is 7.97. The predicted octanol–water partition coefficient (Wildman–Crippen LogP) is 7.58. The molecule has 0 aromatic heterocycles. The molecule has 2 atom stereocenters. The summed E-state index contributed by atoms with van der Waals surface area (Å²) in [6.45, 7) is 3.74. The van der Waals surface area contributed by atoms with Gasteiger partial charge in [0.25, 0.3) is 0 Å². The molecule has 0 aliphatic carbocycles. The molecule has 38 heavy (non-hydrogen) atoms. The Morgan fingerprint density at radius 3 is 2.24 bits per heavy atom. The largest absolute Gasteiger partial charge is 0.492 e. The fraction of sp³-hybridized carbons (Fsp3) is 0.520. The molecular weight excluding hydrogens is 553 g/mol. The summed E-state index contributed by atoms with van der Waals surface area (Å²) >= 11 is 1.10. The van der Waals surface area contributed by atoms with Crippen LogP contribution in [0.4, 0.5) is 37.7 Å². The van der Waals surface area contributed by atoms with Gasteiger partial charge in [-0.2, -0.15) is 13.2 Å². The molecule has 1 heterocycles. The Hall–Kier alpha value is -1.72. The normalized spacial score (nSPS) is 18.8. The molecule has 0 saturated carbocycles. The zero-order valence-electron chi connectivity index (χ0n) is 21.4. The van der Waals surface area contributed by atoms with Gasteiger partial charge in [0.15, 0.2) is 8.38 Å². The number of alkyl halides is 5. The van der Waals surface area contributed by atoms with E-state index < -0.39 is 55.2 Å². The number of rotatable bonds is 9. The maximum absolute atomic E-state index is 14.2. The number of benzene rings is 2. The van der Waals surface area contributed by atoms with Crippen molar-refractivity contribution in [3.05, 3.63) is 47.8 Å². The lowest BCUT2D eigenvalue weighted by molar-refractivity contribution is -0.139. The lowest BCUT2D eigenvalue weighted by Crippen LogP contribution is -2.36. The molecule has 0 spiro atoms. The van der Waals surface area contributed by atoms with E-state index in [0.29, 0.717) is 10.6 Å². The van der Waals surface area contributed by atoms with Crippen LogP contribution in [0.1, 0.15) is 45.6 Å².